The van der Waals surface area contributed by atoms with Gasteiger partial charge in [-0.3, -0.25) is 9.89 Å². The molecule has 0 unspecified atom stereocenters. The van der Waals surface area contributed by atoms with Gasteiger partial charge in [0, 0.05) is 24.0 Å². The molecule has 2 nitrogen and oxygen atoms in total. The molecule has 0 saturated heterocycles. The molecule has 0 aromatic heterocycles. The second-order valence-electron chi connectivity index (χ2n) is 12.3. The van der Waals surface area contributed by atoms with Crippen molar-refractivity contribution in [1.29, 1.82) is 0 Å². The Labute approximate surface area is 272 Å². The quantitative estimate of drug-likeness (QED) is 0.139. The molecule has 222 valence electrons. The van der Waals surface area contributed by atoms with Crippen molar-refractivity contribution in [1.82, 2.24) is 0 Å². The van der Waals surface area contributed by atoms with Crippen LogP contribution in [0.5, 0.6) is 0 Å². The average molecular weight is 593 g/mol. The van der Waals surface area contributed by atoms with Gasteiger partial charge in [-0.05, 0) is 110 Å². The van der Waals surface area contributed by atoms with Crippen LogP contribution in [0.15, 0.2) is 145 Å². The third-order valence-corrected chi connectivity index (χ3v) is 9.66. The zero-order chi connectivity index (χ0) is 31.2. The molecule has 0 spiro atoms. The van der Waals surface area contributed by atoms with Gasteiger partial charge < -0.3 is 0 Å². The standard InChI is InChI=1S/C44H36N2/c1-4-30-15-16-35-24-36-19-17-33(26-41(36)40(35)23-30)34-18-20-37-25-38-21-22-39(28-43(38)42(37)27-34)46(29(2)31-11-7-5-8-12-31)44(45-3)32-13-9-6-10-14-32/h5-23,26-28H,2,4,24-25H2,1,3H3/b45-44-. The summed E-state index contributed by atoms with van der Waals surface area (Å²) < 4.78 is 0. The summed E-state index contributed by atoms with van der Waals surface area (Å²) in [7, 11) is 1.86. The van der Waals surface area contributed by atoms with E-state index in [2.05, 4.69) is 140 Å². The topological polar surface area (TPSA) is 15.6 Å². The Morgan fingerprint density at radius 3 is 1.65 bits per heavy atom. The van der Waals surface area contributed by atoms with Crippen molar-refractivity contribution < 1.29 is 0 Å². The lowest BCUT2D eigenvalue weighted by molar-refractivity contribution is 1.13. The van der Waals surface area contributed by atoms with Crippen molar-refractivity contribution in [3.63, 3.8) is 0 Å². The number of aryl methyl sites for hydroxylation is 1. The summed E-state index contributed by atoms with van der Waals surface area (Å²) in [5, 5.41) is 0. The highest BCUT2D eigenvalue weighted by Crippen LogP contribution is 2.44. The zero-order valence-corrected chi connectivity index (χ0v) is 26.4. The summed E-state index contributed by atoms with van der Waals surface area (Å²) in [6.45, 7) is 6.82. The molecular formula is C44H36N2. The van der Waals surface area contributed by atoms with Crippen molar-refractivity contribution in [3.8, 4) is 33.4 Å². The molecule has 8 rings (SSSR count). The molecule has 0 atom stereocenters. The molecule has 6 aromatic carbocycles. The first-order valence-electron chi connectivity index (χ1n) is 16.2. The van der Waals surface area contributed by atoms with E-state index in [1.54, 1.807) is 0 Å². The summed E-state index contributed by atoms with van der Waals surface area (Å²) in [5.74, 6) is 0.867. The predicted octanol–water partition coefficient (Wildman–Crippen LogP) is 10.6. The molecule has 0 heterocycles. The Morgan fingerprint density at radius 2 is 1.09 bits per heavy atom. The molecule has 0 radical (unpaired) electrons. The van der Waals surface area contributed by atoms with Gasteiger partial charge in [-0.2, -0.15) is 0 Å². The highest BCUT2D eigenvalue weighted by atomic mass is 15.2. The van der Waals surface area contributed by atoms with Crippen LogP contribution in [0.4, 0.5) is 5.69 Å². The molecule has 0 aliphatic heterocycles. The zero-order valence-electron chi connectivity index (χ0n) is 26.4. The lowest BCUT2D eigenvalue weighted by Gasteiger charge is -2.29. The number of fused-ring (bicyclic) bond motifs is 6. The van der Waals surface area contributed by atoms with Gasteiger partial charge in [-0.25, -0.2) is 0 Å². The van der Waals surface area contributed by atoms with Crippen LogP contribution in [-0.4, -0.2) is 12.9 Å². The second kappa shape index (κ2) is 11.5. The monoisotopic (exact) mass is 592 g/mol. The van der Waals surface area contributed by atoms with Gasteiger partial charge in [0.2, 0.25) is 0 Å². The van der Waals surface area contributed by atoms with Gasteiger partial charge in [-0.1, -0.05) is 123 Å². The third kappa shape index (κ3) is 4.78. The Hall–Kier alpha value is -5.47. The minimum absolute atomic E-state index is 0.867. The number of amidine groups is 1. The van der Waals surface area contributed by atoms with Gasteiger partial charge in [0.1, 0.15) is 5.84 Å². The molecule has 2 heteroatoms. The predicted molar refractivity (Wildman–Crippen MR) is 195 cm³/mol. The van der Waals surface area contributed by atoms with Crippen LogP contribution in [0.25, 0.3) is 39.1 Å². The van der Waals surface area contributed by atoms with Gasteiger partial charge in [-0.15, -0.1) is 0 Å². The van der Waals surface area contributed by atoms with Crippen LogP contribution in [0.1, 0.15) is 45.9 Å². The van der Waals surface area contributed by atoms with Crippen LogP contribution in [0, 0.1) is 0 Å². The van der Waals surface area contributed by atoms with E-state index in [4.69, 9.17) is 4.99 Å². The van der Waals surface area contributed by atoms with E-state index in [0.717, 1.165) is 47.6 Å². The van der Waals surface area contributed by atoms with Crippen molar-refractivity contribution in [3.05, 3.63) is 179 Å². The fourth-order valence-electron chi connectivity index (χ4n) is 7.20. The third-order valence-electron chi connectivity index (χ3n) is 9.66. The number of anilines is 1. The Kier molecular flexibility index (Phi) is 6.99. The summed E-state index contributed by atoms with van der Waals surface area (Å²) >= 11 is 0. The molecule has 0 N–H and O–H groups in total. The summed E-state index contributed by atoms with van der Waals surface area (Å²) in [6, 6.07) is 48.7. The molecule has 2 aliphatic carbocycles. The average Bonchev–Trinajstić information content (AvgIpc) is 3.67. The fraction of sp³-hybridized carbons (Fsp3) is 0.114. The van der Waals surface area contributed by atoms with Crippen LogP contribution in [-0.2, 0) is 19.3 Å². The number of hydrogen-bond donors (Lipinski definition) is 0. The number of rotatable bonds is 6. The van der Waals surface area contributed by atoms with Crippen LogP contribution in [0.2, 0.25) is 0 Å². The number of hydrogen-bond acceptors (Lipinski definition) is 1. The Bertz CT molecular complexity index is 2150. The van der Waals surface area contributed by atoms with Crippen molar-refractivity contribution in [2.75, 3.05) is 11.9 Å². The van der Waals surface area contributed by atoms with Crippen molar-refractivity contribution in [2.45, 2.75) is 26.2 Å². The first-order chi connectivity index (χ1) is 22.6. The number of benzene rings is 6. The maximum atomic E-state index is 4.81. The molecule has 0 fully saturated rings. The molecule has 2 aliphatic rings. The molecule has 0 amide bonds. The highest BCUT2D eigenvalue weighted by Gasteiger charge is 2.25. The van der Waals surface area contributed by atoms with Crippen molar-refractivity contribution in [2.24, 2.45) is 4.99 Å². The molecule has 0 bridgehead atoms. The molecule has 46 heavy (non-hydrogen) atoms. The van der Waals surface area contributed by atoms with E-state index in [9.17, 15) is 0 Å². The SMILES string of the molecule is C=C(c1ccccc1)N(/C(=N\C)c1ccccc1)c1ccc2c(c1)-c1cc(-c3ccc4c(c3)-c3cc(CC)ccc3C4)ccc1C2. The normalized spacial score (nSPS) is 12.7. The molecule has 6 aromatic rings. The lowest BCUT2D eigenvalue weighted by atomic mass is 9.95. The number of nitrogens with zero attached hydrogens (tertiary/aromatic N) is 2. The van der Waals surface area contributed by atoms with Crippen LogP contribution < -0.4 is 4.90 Å². The van der Waals surface area contributed by atoms with E-state index in [1.807, 2.05) is 19.2 Å². The maximum Gasteiger partial charge on any atom is 0.139 e. The first-order valence-corrected chi connectivity index (χ1v) is 16.2. The van der Waals surface area contributed by atoms with Crippen LogP contribution in [0.3, 0.4) is 0 Å². The van der Waals surface area contributed by atoms with E-state index >= 15 is 0 Å². The summed E-state index contributed by atoms with van der Waals surface area (Å²) in [5.41, 5.74) is 18.9. The first kappa shape index (κ1) is 28.0. The summed E-state index contributed by atoms with van der Waals surface area (Å²) in [4.78, 5) is 7.01. The van der Waals surface area contributed by atoms with Gasteiger partial charge in [0.25, 0.3) is 0 Å². The maximum absolute atomic E-state index is 4.81. The fourth-order valence-corrected chi connectivity index (χ4v) is 7.20. The summed E-state index contributed by atoms with van der Waals surface area (Å²) in [6.07, 6.45) is 3.02. The minimum atomic E-state index is 0.867. The Balaban J connectivity index is 1.21. The smallest absolute Gasteiger partial charge is 0.139 e. The van der Waals surface area contributed by atoms with E-state index < -0.39 is 0 Å². The van der Waals surface area contributed by atoms with E-state index in [0.29, 0.717) is 0 Å². The lowest BCUT2D eigenvalue weighted by Crippen LogP contribution is -2.30. The van der Waals surface area contributed by atoms with E-state index in [-0.39, 0.29) is 0 Å². The number of aliphatic imine (C=N–C) groups is 1. The van der Waals surface area contributed by atoms with Crippen molar-refractivity contribution >= 4 is 17.2 Å². The second-order valence-corrected chi connectivity index (χ2v) is 12.3. The minimum Gasteiger partial charge on any atom is -0.295 e. The van der Waals surface area contributed by atoms with Crippen LogP contribution >= 0.6 is 0 Å². The highest BCUT2D eigenvalue weighted by molar-refractivity contribution is 6.17. The Morgan fingerprint density at radius 1 is 0.587 bits per heavy atom. The van der Waals surface area contributed by atoms with Gasteiger partial charge in [0.05, 0.1) is 0 Å². The molecule has 0 saturated carbocycles. The van der Waals surface area contributed by atoms with Gasteiger partial charge in [0.15, 0.2) is 0 Å². The van der Waals surface area contributed by atoms with E-state index in [1.165, 1.54) is 61.2 Å². The molecular weight excluding hydrogens is 556 g/mol. The van der Waals surface area contributed by atoms with Gasteiger partial charge >= 0.3 is 0 Å². The largest absolute Gasteiger partial charge is 0.295 e.